The largest absolute Gasteiger partial charge is 0.493 e. The number of aromatic nitrogens is 1. The summed E-state index contributed by atoms with van der Waals surface area (Å²) in [5, 5.41) is 8.99. The van der Waals surface area contributed by atoms with E-state index in [4.69, 9.17) is 19.0 Å². The first-order valence-electron chi connectivity index (χ1n) is 10.7. The number of carboxylic acids is 1. The lowest BCUT2D eigenvalue weighted by Gasteiger charge is -2.13. The van der Waals surface area contributed by atoms with Gasteiger partial charge in [0.15, 0.2) is 0 Å². The molecule has 1 N–H and O–H groups in total. The van der Waals surface area contributed by atoms with Gasteiger partial charge < -0.3 is 19.0 Å². The Bertz CT molecular complexity index is 1020. The maximum Gasteiger partial charge on any atom is 0.303 e. The molecule has 2 aromatic carbocycles. The number of aliphatic carboxylic acids is 1. The van der Waals surface area contributed by atoms with E-state index in [1.807, 2.05) is 55.5 Å². The predicted molar refractivity (Wildman–Crippen MR) is 116 cm³/mol. The summed E-state index contributed by atoms with van der Waals surface area (Å²) in [6.45, 7) is 3.04. The smallest absolute Gasteiger partial charge is 0.303 e. The number of aryl methyl sites for hydroxylation is 2. The Labute approximate surface area is 181 Å². The third-order valence-electron chi connectivity index (χ3n) is 5.34. The molecule has 4 rings (SSSR count). The summed E-state index contributed by atoms with van der Waals surface area (Å²) in [5.41, 5.74) is 2.73. The van der Waals surface area contributed by atoms with Crippen LogP contribution in [0.25, 0.3) is 11.5 Å². The molecule has 1 heterocycles. The molecule has 1 aromatic heterocycles. The van der Waals surface area contributed by atoms with E-state index in [9.17, 15) is 4.79 Å². The molecule has 0 atom stereocenters. The van der Waals surface area contributed by atoms with Crippen LogP contribution >= 0.6 is 0 Å². The van der Waals surface area contributed by atoms with Gasteiger partial charge in [-0.3, -0.25) is 4.79 Å². The van der Waals surface area contributed by atoms with Gasteiger partial charge in [-0.25, -0.2) is 4.98 Å². The van der Waals surface area contributed by atoms with Gasteiger partial charge in [0, 0.05) is 24.5 Å². The summed E-state index contributed by atoms with van der Waals surface area (Å²) in [6, 6.07) is 15.5. The van der Waals surface area contributed by atoms with Gasteiger partial charge in [-0.15, -0.1) is 0 Å². The van der Waals surface area contributed by atoms with E-state index < -0.39 is 5.97 Å². The van der Waals surface area contributed by atoms with Crippen molar-refractivity contribution in [3.8, 4) is 23.0 Å². The molecule has 1 aliphatic carbocycles. The summed E-state index contributed by atoms with van der Waals surface area (Å²) in [7, 11) is 0. The first kappa shape index (κ1) is 21.0. The number of ether oxygens (including phenoxy) is 2. The number of carbonyl (C=O) groups is 1. The summed E-state index contributed by atoms with van der Waals surface area (Å²) in [6.07, 6.45) is 3.54. The van der Waals surface area contributed by atoms with Gasteiger partial charge in [-0.2, -0.15) is 0 Å². The monoisotopic (exact) mass is 421 g/mol. The maximum atomic E-state index is 10.9. The molecule has 1 fully saturated rings. The van der Waals surface area contributed by atoms with Crippen LogP contribution in [0.15, 0.2) is 52.9 Å². The topological polar surface area (TPSA) is 81.8 Å². The average Bonchev–Trinajstić information content (AvgIpc) is 3.53. The van der Waals surface area contributed by atoms with E-state index in [1.165, 1.54) is 12.8 Å². The molecule has 6 heteroatoms. The van der Waals surface area contributed by atoms with Crippen molar-refractivity contribution in [1.29, 1.82) is 0 Å². The van der Waals surface area contributed by atoms with Gasteiger partial charge in [0.2, 0.25) is 5.89 Å². The minimum Gasteiger partial charge on any atom is -0.493 e. The van der Waals surface area contributed by atoms with Crippen molar-refractivity contribution >= 4 is 5.97 Å². The molecule has 31 heavy (non-hydrogen) atoms. The van der Waals surface area contributed by atoms with Crippen molar-refractivity contribution in [3.05, 3.63) is 65.5 Å². The van der Waals surface area contributed by atoms with Crippen molar-refractivity contribution in [2.24, 2.45) is 5.92 Å². The van der Waals surface area contributed by atoms with Gasteiger partial charge in [-0.1, -0.05) is 24.3 Å². The molecule has 3 aromatic rings. The third-order valence-corrected chi connectivity index (χ3v) is 5.34. The van der Waals surface area contributed by atoms with Crippen molar-refractivity contribution in [2.45, 2.75) is 39.0 Å². The van der Waals surface area contributed by atoms with E-state index in [0.29, 0.717) is 43.6 Å². The number of benzene rings is 2. The normalized spacial score (nSPS) is 13.2. The highest BCUT2D eigenvalue weighted by atomic mass is 16.5. The fourth-order valence-corrected chi connectivity index (χ4v) is 3.33. The number of hydrogen-bond donors (Lipinski definition) is 1. The average molecular weight is 421 g/mol. The Balaban J connectivity index is 1.38. The SMILES string of the molecule is Cc1oc(-c2ccccc2)nc1CCOc1ccc(CCC(=O)O)c(OCC2CC2)c1. The summed E-state index contributed by atoms with van der Waals surface area (Å²) >= 11 is 0. The Morgan fingerprint density at radius 1 is 1.13 bits per heavy atom. The molecule has 0 amide bonds. The molecule has 0 bridgehead atoms. The predicted octanol–water partition coefficient (Wildman–Crippen LogP) is 5.08. The molecule has 0 unspecified atom stereocenters. The summed E-state index contributed by atoms with van der Waals surface area (Å²) < 4.78 is 17.7. The van der Waals surface area contributed by atoms with Crippen molar-refractivity contribution in [3.63, 3.8) is 0 Å². The summed E-state index contributed by atoms with van der Waals surface area (Å²) in [4.78, 5) is 15.6. The molecule has 1 saturated carbocycles. The highest BCUT2D eigenvalue weighted by Gasteiger charge is 2.22. The number of nitrogens with zero attached hydrogens (tertiary/aromatic N) is 1. The maximum absolute atomic E-state index is 10.9. The fourth-order valence-electron chi connectivity index (χ4n) is 3.33. The second-order valence-electron chi connectivity index (χ2n) is 7.90. The minimum atomic E-state index is -0.814. The lowest BCUT2D eigenvalue weighted by Crippen LogP contribution is -2.06. The van der Waals surface area contributed by atoms with E-state index >= 15 is 0 Å². The van der Waals surface area contributed by atoms with Gasteiger partial charge in [-0.05, 0) is 55.9 Å². The Hall–Kier alpha value is -3.28. The van der Waals surface area contributed by atoms with Crippen LogP contribution in [0, 0.1) is 12.8 Å². The number of hydrogen-bond acceptors (Lipinski definition) is 5. The van der Waals surface area contributed by atoms with Crippen molar-refractivity contribution in [1.82, 2.24) is 4.98 Å². The van der Waals surface area contributed by atoms with Crippen LogP contribution in [0.1, 0.15) is 36.3 Å². The minimum absolute atomic E-state index is 0.0785. The molecular formula is C25H27NO5. The first-order valence-corrected chi connectivity index (χ1v) is 10.7. The number of rotatable bonds is 11. The van der Waals surface area contributed by atoms with Gasteiger partial charge in [0.05, 0.1) is 18.9 Å². The molecule has 0 spiro atoms. The van der Waals surface area contributed by atoms with Crippen LogP contribution in [-0.4, -0.2) is 29.3 Å². The lowest BCUT2D eigenvalue weighted by molar-refractivity contribution is -0.136. The van der Waals surface area contributed by atoms with Crippen molar-refractivity contribution < 1.29 is 23.8 Å². The van der Waals surface area contributed by atoms with Crippen LogP contribution in [0.5, 0.6) is 11.5 Å². The number of carboxylic acid groups (broad SMARTS) is 1. The molecule has 162 valence electrons. The highest BCUT2D eigenvalue weighted by Crippen LogP contribution is 2.32. The van der Waals surface area contributed by atoms with Crippen LogP contribution in [0.3, 0.4) is 0 Å². The zero-order valence-corrected chi connectivity index (χ0v) is 17.7. The van der Waals surface area contributed by atoms with Gasteiger partial charge in [0.25, 0.3) is 0 Å². The van der Waals surface area contributed by atoms with E-state index in [1.54, 1.807) is 0 Å². The molecule has 1 aliphatic rings. The van der Waals surface area contributed by atoms with Crippen LogP contribution < -0.4 is 9.47 Å². The van der Waals surface area contributed by atoms with E-state index in [2.05, 4.69) is 4.98 Å². The second-order valence-corrected chi connectivity index (χ2v) is 7.90. The van der Waals surface area contributed by atoms with Gasteiger partial charge >= 0.3 is 5.97 Å². The zero-order valence-electron chi connectivity index (χ0n) is 17.7. The number of oxazole rings is 1. The lowest BCUT2D eigenvalue weighted by atomic mass is 10.1. The van der Waals surface area contributed by atoms with Crippen LogP contribution in [0.4, 0.5) is 0 Å². The van der Waals surface area contributed by atoms with E-state index in [0.717, 1.165) is 28.3 Å². The Morgan fingerprint density at radius 2 is 1.94 bits per heavy atom. The zero-order chi connectivity index (χ0) is 21.6. The van der Waals surface area contributed by atoms with E-state index in [-0.39, 0.29) is 6.42 Å². The van der Waals surface area contributed by atoms with Crippen LogP contribution in [0.2, 0.25) is 0 Å². The summed E-state index contributed by atoms with van der Waals surface area (Å²) in [5.74, 6) is 2.63. The molecule has 0 saturated heterocycles. The van der Waals surface area contributed by atoms with Crippen molar-refractivity contribution in [2.75, 3.05) is 13.2 Å². The fraction of sp³-hybridized carbons (Fsp3) is 0.360. The Morgan fingerprint density at radius 3 is 2.68 bits per heavy atom. The van der Waals surface area contributed by atoms with Crippen LogP contribution in [-0.2, 0) is 17.6 Å². The molecule has 0 radical (unpaired) electrons. The van der Waals surface area contributed by atoms with Gasteiger partial charge in [0.1, 0.15) is 17.3 Å². The first-order chi connectivity index (χ1) is 15.1. The third kappa shape index (κ3) is 5.87. The molecular weight excluding hydrogens is 394 g/mol. The molecule has 6 nitrogen and oxygen atoms in total. The second kappa shape index (κ2) is 9.69. The quantitative estimate of drug-likeness (QED) is 0.465. The standard InChI is InChI=1S/C25H27NO5/c1-17-22(26-25(31-17)20-5-3-2-4-6-20)13-14-29-21-11-9-19(10-12-24(27)28)23(15-21)30-16-18-7-8-18/h2-6,9,11,15,18H,7-8,10,12-14,16H2,1H3,(H,27,28). The Kier molecular flexibility index (Phi) is 6.55. The highest BCUT2D eigenvalue weighted by molar-refractivity contribution is 5.67. The molecule has 0 aliphatic heterocycles.